The number of aromatic hydroxyl groups is 1. The third kappa shape index (κ3) is 2.54. The summed E-state index contributed by atoms with van der Waals surface area (Å²) in [7, 11) is 0. The van der Waals surface area contributed by atoms with Gasteiger partial charge in [-0.3, -0.25) is 4.79 Å². The van der Waals surface area contributed by atoms with Crippen molar-refractivity contribution in [3.05, 3.63) is 59.2 Å². The molecule has 2 N–H and O–H groups in total. The maximum atomic E-state index is 13.4. The van der Waals surface area contributed by atoms with Gasteiger partial charge in [-0.25, -0.2) is 8.78 Å². The Hall–Kier alpha value is -2.43. The molecule has 98 valence electrons. The van der Waals surface area contributed by atoms with Crippen LogP contribution in [0.5, 0.6) is 5.75 Å². The number of phenols is 1. The number of carbonyl (C=O) groups excluding carboxylic acids is 1. The zero-order valence-electron chi connectivity index (χ0n) is 10.1. The average molecular weight is 263 g/mol. The van der Waals surface area contributed by atoms with Crippen LogP contribution < -0.4 is 5.32 Å². The second-order valence-corrected chi connectivity index (χ2v) is 4.02. The minimum atomic E-state index is -0.875. The van der Waals surface area contributed by atoms with E-state index < -0.39 is 23.2 Å². The molecule has 0 saturated heterocycles. The minimum absolute atomic E-state index is 0.0392. The Labute approximate surface area is 108 Å². The monoisotopic (exact) mass is 263 g/mol. The van der Waals surface area contributed by atoms with Crippen molar-refractivity contribution in [2.75, 3.05) is 5.32 Å². The topological polar surface area (TPSA) is 49.3 Å². The van der Waals surface area contributed by atoms with Crippen LogP contribution >= 0.6 is 0 Å². The number of aryl methyl sites for hydroxylation is 1. The summed E-state index contributed by atoms with van der Waals surface area (Å²) in [6.07, 6.45) is 0. The number of para-hydroxylation sites is 2. The van der Waals surface area contributed by atoms with E-state index >= 15 is 0 Å². The molecule has 2 aromatic carbocycles. The van der Waals surface area contributed by atoms with Gasteiger partial charge in [0.25, 0.3) is 5.91 Å². The van der Waals surface area contributed by atoms with Crippen LogP contribution in [0.15, 0.2) is 36.4 Å². The molecule has 3 nitrogen and oxygen atoms in total. The SMILES string of the molecule is Cc1cccc(C(=O)Nc2c(F)cccc2F)c1O. The highest BCUT2D eigenvalue weighted by Gasteiger charge is 2.16. The molecule has 0 heterocycles. The van der Waals surface area contributed by atoms with Gasteiger partial charge in [0.15, 0.2) is 0 Å². The third-order valence-corrected chi connectivity index (χ3v) is 2.68. The highest BCUT2D eigenvalue weighted by molar-refractivity contribution is 6.06. The van der Waals surface area contributed by atoms with Gasteiger partial charge in [0.1, 0.15) is 23.1 Å². The number of hydrogen-bond donors (Lipinski definition) is 2. The number of benzene rings is 2. The number of rotatable bonds is 2. The molecule has 0 aliphatic heterocycles. The lowest BCUT2D eigenvalue weighted by atomic mass is 10.1. The Morgan fingerprint density at radius 1 is 1.11 bits per heavy atom. The largest absolute Gasteiger partial charge is 0.507 e. The number of hydrogen-bond acceptors (Lipinski definition) is 2. The number of nitrogens with one attached hydrogen (secondary N) is 1. The van der Waals surface area contributed by atoms with E-state index in [1.54, 1.807) is 19.1 Å². The van der Waals surface area contributed by atoms with E-state index in [-0.39, 0.29) is 11.3 Å². The first-order valence-corrected chi connectivity index (χ1v) is 5.54. The summed E-state index contributed by atoms with van der Waals surface area (Å²) in [5.41, 5.74) is -0.0716. The molecular weight excluding hydrogens is 252 g/mol. The maximum Gasteiger partial charge on any atom is 0.259 e. The number of carbonyl (C=O) groups is 1. The van der Waals surface area contributed by atoms with Crippen molar-refractivity contribution in [2.45, 2.75) is 6.92 Å². The molecule has 0 atom stereocenters. The van der Waals surface area contributed by atoms with E-state index in [1.807, 2.05) is 0 Å². The minimum Gasteiger partial charge on any atom is -0.507 e. The first kappa shape index (κ1) is 13.0. The van der Waals surface area contributed by atoms with Crippen LogP contribution in [0.2, 0.25) is 0 Å². The average Bonchev–Trinajstić information content (AvgIpc) is 2.37. The van der Waals surface area contributed by atoms with Crippen molar-refractivity contribution in [3.8, 4) is 5.75 Å². The van der Waals surface area contributed by atoms with E-state index in [9.17, 15) is 18.7 Å². The zero-order valence-corrected chi connectivity index (χ0v) is 10.1. The highest BCUT2D eigenvalue weighted by atomic mass is 19.1. The van der Waals surface area contributed by atoms with Gasteiger partial charge in [0, 0.05) is 0 Å². The van der Waals surface area contributed by atoms with Gasteiger partial charge in [-0.15, -0.1) is 0 Å². The van der Waals surface area contributed by atoms with Crippen molar-refractivity contribution >= 4 is 11.6 Å². The molecule has 0 aliphatic rings. The van der Waals surface area contributed by atoms with Crippen LogP contribution in [0, 0.1) is 18.6 Å². The number of amides is 1. The summed E-state index contributed by atoms with van der Waals surface area (Å²) in [6, 6.07) is 7.84. The van der Waals surface area contributed by atoms with Gasteiger partial charge in [-0.05, 0) is 30.7 Å². The normalized spacial score (nSPS) is 10.3. The molecular formula is C14H11F2NO2. The van der Waals surface area contributed by atoms with E-state index in [2.05, 4.69) is 5.32 Å². The fraction of sp³-hybridized carbons (Fsp3) is 0.0714. The van der Waals surface area contributed by atoms with Crippen molar-refractivity contribution in [1.82, 2.24) is 0 Å². The summed E-state index contributed by atoms with van der Waals surface area (Å²) in [5, 5.41) is 11.9. The van der Waals surface area contributed by atoms with E-state index in [0.717, 1.165) is 12.1 Å². The Kier molecular flexibility index (Phi) is 3.46. The van der Waals surface area contributed by atoms with Crippen molar-refractivity contribution in [2.24, 2.45) is 0 Å². The fourth-order valence-electron chi connectivity index (χ4n) is 1.64. The Morgan fingerprint density at radius 3 is 2.32 bits per heavy atom. The second kappa shape index (κ2) is 5.06. The Bertz CT molecular complexity index is 621. The number of halogens is 2. The van der Waals surface area contributed by atoms with Gasteiger partial charge in [0.05, 0.1) is 5.56 Å². The molecule has 0 fully saturated rings. The van der Waals surface area contributed by atoms with Crippen LogP contribution in [0.4, 0.5) is 14.5 Å². The van der Waals surface area contributed by atoms with Gasteiger partial charge in [-0.2, -0.15) is 0 Å². The molecule has 0 aromatic heterocycles. The molecule has 0 aliphatic carbocycles. The number of anilines is 1. The molecule has 1 amide bonds. The lowest BCUT2D eigenvalue weighted by Gasteiger charge is -2.09. The smallest absolute Gasteiger partial charge is 0.259 e. The van der Waals surface area contributed by atoms with Crippen LogP contribution in [0.3, 0.4) is 0 Å². The van der Waals surface area contributed by atoms with E-state index in [1.165, 1.54) is 12.1 Å². The highest BCUT2D eigenvalue weighted by Crippen LogP contribution is 2.24. The molecule has 0 unspecified atom stereocenters. The van der Waals surface area contributed by atoms with Gasteiger partial charge >= 0.3 is 0 Å². The van der Waals surface area contributed by atoms with E-state index in [0.29, 0.717) is 5.56 Å². The molecule has 19 heavy (non-hydrogen) atoms. The Balaban J connectivity index is 2.34. The first-order valence-electron chi connectivity index (χ1n) is 5.54. The fourth-order valence-corrected chi connectivity index (χ4v) is 1.64. The van der Waals surface area contributed by atoms with E-state index in [4.69, 9.17) is 0 Å². The van der Waals surface area contributed by atoms with Gasteiger partial charge < -0.3 is 10.4 Å². The lowest BCUT2D eigenvalue weighted by Crippen LogP contribution is -2.14. The zero-order chi connectivity index (χ0) is 14.0. The molecule has 5 heteroatoms. The van der Waals surface area contributed by atoms with Crippen LogP contribution in [0.25, 0.3) is 0 Å². The summed E-state index contributed by atoms with van der Waals surface area (Å²) in [5.74, 6) is -2.73. The van der Waals surface area contributed by atoms with Crippen molar-refractivity contribution < 1.29 is 18.7 Å². The Morgan fingerprint density at radius 2 is 1.68 bits per heavy atom. The van der Waals surface area contributed by atoms with Gasteiger partial charge in [0.2, 0.25) is 0 Å². The molecule has 0 spiro atoms. The van der Waals surface area contributed by atoms with Crippen molar-refractivity contribution in [1.29, 1.82) is 0 Å². The molecule has 0 bridgehead atoms. The van der Waals surface area contributed by atoms with Crippen molar-refractivity contribution in [3.63, 3.8) is 0 Å². The lowest BCUT2D eigenvalue weighted by molar-refractivity contribution is 0.102. The predicted molar refractivity (Wildman–Crippen MR) is 67.2 cm³/mol. The van der Waals surface area contributed by atoms with Gasteiger partial charge in [-0.1, -0.05) is 18.2 Å². The standard InChI is InChI=1S/C14H11F2NO2/c1-8-4-2-5-9(13(8)18)14(19)17-12-10(15)6-3-7-11(12)16/h2-7,18H,1H3,(H,17,19). The number of phenolic OH excluding ortho intramolecular Hbond substituents is 1. The first-order chi connectivity index (χ1) is 9.00. The summed E-state index contributed by atoms with van der Waals surface area (Å²) >= 11 is 0. The summed E-state index contributed by atoms with van der Waals surface area (Å²) in [4.78, 5) is 11.9. The van der Waals surface area contributed by atoms with Crippen LogP contribution in [-0.4, -0.2) is 11.0 Å². The molecule has 2 rings (SSSR count). The third-order valence-electron chi connectivity index (χ3n) is 2.68. The second-order valence-electron chi connectivity index (χ2n) is 4.02. The molecule has 2 aromatic rings. The summed E-state index contributed by atoms with van der Waals surface area (Å²) in [6.45, 7) is 1.62. The summed E-state index contributed by atoms with van der Waals surface area (Å²) < 4.78 is 26.8. The molecule has 0 saturated carbocycles. The maximum absolute atomic E-state index is 13.4. The molecule has 0 radical (unpaired) electrons. The predicted octanol–water partition coefficient (Wildman–Crippen LogP) is 3.23. The quantitative estimate of drug-likeness (QED) is 0.873. The van der Waals surface area contributed by atoms with Crippen LogP contribution in [0.1, 0.15) is 15.9 Å². The van der Waals surface area contributed by atoms with Crippen LogP contribution in [-0.2, 0) is 0 Å².